The second kappa shape index (κ2) is 2.46. The van der Waals surface area contributed by atoms with E-state index in [1.165, 1.54) is 0 Å². The van der Waals surface area contributed by atoms with Gasteiger partial charge in [0, 0.05) is 5.92 Å². The van der Waals surface area contributed by atoms with Gasteiger partial charge < -0.3 is 10.2 Å². The predicted molar refractivity (Wildman–Crippen MR) is 39.6 cm³/mol. The summed E-state index contributed by atoms with van der Waals surface area (Å²) in [5.74, 6) is 0.292. The van der Waals surface area contributed by atoms with Crippen molar-refractivity contribution < 1.29 is 10.2 Å². The van der Waals surface area contributed by atoms with Gasteiger partial charge in [-0.2, -0.15) is 0 Å². The van der Waals surface area contributed by atoms with Gasteiger partial charge in [-0.05, 0) is 24.6 Å². The summed E-state index contributed by atoms with van der Waals surface area (Å²) in [4.78, 5) is 0. The highest BCUT2D eigenvalue weighted by atomic mass is 16.3. The maximum Gasteiger partial charge on any atom is 0.112 e. The molecule has 0 fully saturated rings. The van der Waals surface area contributed by atoms with Crippen molar-refractivity contribution in [3.05, 3.63) is 23.5 Å². The van der Waals surface area contributed by atoms with E-state index in [1.54, 1.807) is 12.2 Å². The van der Waals surface area contributed by atoms with E-state index in [0.29, 0.717) is 0 Å². The molecule has 56 valence electrons. The minimum absolute atomic E-state index is 0.0324. The quantitative estimate of drug-likeness (QED) is 0.533. The summed E-state index contributed by atoms with van der Waals surface area (Å²) >= 11 is 0. The summed E-state index contributed by atoms with van der Waals surface area (Å²) < 4.78 is 0. The molecule has 1 rings (SSSR count). The lowest BCUT2D eigenvalue weighted by molar-refractivity contribution is 0.167. The normalized spacial score (nSPS) is 33.1. The molecule has 0 aromatic rings. The third kappa shape index (κ3) is 1.21. The van der Waals surface area contributed by atoms with Crippen molar-refractivity contribution in [3.63, 3.8) is 0 Å². The van der Waals surface area contributed by atoms with Crippen molar-refractivity contribution in [2.24, 2.45) is 5.92 Å². The average Bonchev–Trinajstić information content (AvgIpc) is 1.82. The van der Waals surface area contributed by atoms with Crippen molar-refractivity contribution in [2.75, 3.05) is 0 Å². The number of aliphatic hydroxyl groups excluding tert-OH is 2. The lowest BCUT2D eigenvalue weighted by Crippen LogP contribution is -2.20. The highest BCUT2D eigenvalue weighted by Crippen LogP contribution is 2.20. The van der Waals surface area contributed by atoms with Gasteiger partial charge in [-0.15, -0.1) is 0 Å². The Kier molecular flexibility index (Phi) is 1.81. The van der Waals surface area contributed by atoms with Crippen LogP contribution in [0.25, 0.3) is 0 Å². The maximum absolute atomic E-state index is 9.34. The van der Waals surface area contributed by atoms with Gasteiger partial charge >= 0.3 is 0 Å². The van der Waals surface area contributed by atoms with Crippen LogP contribution in [0.4, 0.5) is 0 Å². The molecule has 0 bridgehead atoms. The lowest BCUT2D eigenvalue weighted by atomic mass is 9.93. The van der Waals surface area contributed by atoms with Gasteiger partial charge in [0.1, 0.15) is 5.76 Å². The monoisotopic (exact) mass is 140 g/mol. The van der Waals surface area contributed by atoms with Crippen LogP contribution in [0.3, 0.4) is 0 Å². The van der Waals surface area contributed by atoms with Gasteiger partial charge in [-0.3, -0.25) is 0 Å². The molecule has 10 heavy (non-hydrogen) atoms. The van der Waals surface area contributed by atoms with Crippen LogP contribution >= 0.6 is 0 Å². The summed E-state index contributed by atoms with van der Waals surface area (Å²) in [6, 6.07) is 0. The molecule has 0 aliphatic heterocycles. The summed E-state index contributed by atoms with van der Waals surface area (Å²) in [5.41, 5.74) is 0.826. The Hall–Kier alpha value is -0.760. The first-order valence-corrected chi connectivity index (χ1v) is 3.38. The molecule has 0 aromatic carbocycles. The largest absolute Gasteiger partial charge is 0.508 e. The van der Waals surface area contributed by atoms with E-state index < -0.39 is 6.10 Å². The topological polar surface area (TPSA) is 40.5 Å². The summed E-state index contributed by atoms with van der Waals surface area (Å²) in [6.45, 7) is 3.68. The Morgan fingerprint density at radius 1 is 1.50 bits per heavy atom. The van der Waals surface area contributed by atoms with Crippen molar-refractivity contribution in [2.45, 2.75) is 20.0 Å². The SMILES string of the molecule is CC1=CC(O)=CC(C)C1O. The Balaban J connectivity index is 2.85. The van der Waals surface area contributed by atoms with Crippen molar-refractivity contribution in [1.29, 1.82) is 0 Å². The van der Waals surface area contributed by atoms with Crippen molar-refractivity contribution in [1.82, 2.24) is 0 Å². The summed E-state index contributed by atoms with van der Waals surface area (Å²) in [5, 5.41) is 18.4. The highest BCUT2D eigenvalue weighted by molar-refractivity contribution is 5.26. The van der Waals surface area contributed by atoms with E-state index in [2.05, 4.69) is 0 Å². The minimum atomic E-state index is -0.420. The average molecular weight is 140 g/mol. The van der Waals surface area contributed by atoms with Gasteiger partial charge in [0.15, 0.2) is 0 Å². The van der Waals surface area contributed by atoms with E-state index in [9.17, 15) is 5.11 Å². The number of aliphatic hydroxyl groups is 2. The second-order valence-corrected chi connectivity index (χ2v) is 2.78. The fraction of sp³-hybridized carbons (Fsp3) is 0.500. The number of hydrogen-bond donors (Lipinski definition) is 2. The molecule has 0 saturated heterocycles. The zero-order chi connectivity index (χ0) is 7.72. The predicted octanol–water partition coefficient (Wildman–Crippen LogP) is 1.39. The van der Waals surface area contributed by atoms with Gasteiger partial charge in [-0.1, -0.05) is 6.92 Å². The molecule has 0 amide bonds. The standard InChI is InChI=1S/C8H12O2/c1-5-3-7(9)4-6(2)8(5)10/h3-5,8-10H,1-2H3. The third-order valence-corrected chi connectivity index (χ3v) is 1.77. The first-order valence-electron chi connectivity index (χ1n) is 3.38. The van der Waals surface area contributed by atoms with Gasteiger partial charge in [-0.25, -0.2) is 0 Å². The van der Waals surface area contributed by atoms with Crippen molar-refractivity contribution in [3.8, 4) is 0 Å². The first-order chi connectivity index (χ1) is 4.61. The molecule has 2 N–H and O–H groups in total. The van der Waals surface area contributed by atoms with E-state index in [1.807, 2.05) is 13.8 Å². The van der Waals surface area contributed by atoms with E-state index in [4.69, 9.17) is 5.11 Å². The summed E-state index contributed by atoms with van der Waals surface area (Å²) in [6.07, 6.45) is 2.82. The van der Waals surface area contributed by atoms with Crippen LogP contribution in [-0.4, -0.2) is 16.3 Å². The number of rotatable bonds is 0. The van der Waals surface area contributed by atoms with Gasteiger partial charge in [0.25, 0.3) is 0 Å². The molecule has 2 atom stereocenters. The Labute approximate surface area is 60.5 Å². The van der Waals surface area contributed by atoms with Crippen LogP contribution in [0.1, 0.15) is 13.8 Å². The molecule has 1 aliphatic carbocycles. The van der Waals surface area contributed by atoms with Gasteiger partial charge in [0.05, 0.1) is 6.10 Å². The molecule has 2 heteroatoms. The molecule has 0 heterocycles. The third-order valence-electron chi connectivity index (χ3n) is 1.77. The first kappa shape index (κ1) is 7.35. The molecule has 0 spiro atoms. The van der Waals surface area contributed by atoms with E-state index in [-0.39, 0.29) is 11.7 Å². The second-order valence-electron chi connectivity index (χ2n) is 2.78. The fourth-order valence-corrected chi connectivity index (χ4v) is 1.14. The van der Waals surface area contributed by atoms with Crippen LogP contribution in [0, 0.1) is 5.92 Å². The molecular formula is C8H12O2. The van der Waals surface area contributed by atoms with Crippen LogP contribution < -0.4 is 0 Å². The Morgan fingerprint density at radius 3 is 2.60 bits per heavy atom. The molecule has 0 saturated carbocycles. The Morgan fingerprint density at radius 2 is 2.10 bits per heavy atom. The molecule has 1 aliphatic rings. The molecule has 0 aromatic heterocycles. The lowest BCUT2D eigenvalue weighted by Gasteiger charge is -2.20. The molecule has 2 unspecified atom stereocenters. The van der Waals surface area contributed by atoms with Crippen LogP contribution in [0.5, 0.6) is 0 Å². The van der Waals surface area contributed by atoms with Crippen molar-refractivity contribution >= 4 is 0 Å². The van der Waals surface area contributed by atoms with E-state index in [0.717, 1.165) is 5.57 Å². The zero-order valence-electron chi connectivity index (χ0n) is 6.20. The highest BCUT2D eigenvalue weighted by Gasteiger charge is 2.18. The Bertz CT molecular complexity index is 191. The molecule has 2 nitrogen and oxygen atoms in total. The molecular weight excluding hydrogens is 128 g/mol. The van der Waals surface area contributed by atoms with Crippen LogP contribution in [0.2, 0.25) is 0 Å². The van der Waals surface area contributed by atoms with Gasteiger partial charge in [0.2, 0.25) is 0 Å². The molecule has 0 radical (unpaired) electrons. The maximum atomic E-state index is 9.34. The van der Waals surface area contributed by atoms with Crippen LogP contribution in [-0.2, 0) is 0 Å². The summed E-state index contributed by atoms with van der Waals surface area (Å²) in [7, 11) is 0. The number of allylic oxidation sites excluding steroid dienone is 1. The van der Waals surface area contributed by atoms with E-state index >= 15 is 0 Å². The minimum Gasteiger partial charge on any atom is -0.508 e. The zero-order valence-corrected chi connectivity index (χ0v) is 6.20. The number of hydrogen-bond acceptors (Lipinski definition) is 2. The fourth-order valence-electron chi connectivity index (χ4n) is 1.14. The van der Waals surface area contributed by atoms with Crippen LogP contribution in [0.15, 0.2) is 23.5 Å². The smallest absolute Gasteiger partial charge is 0.112 e.